The molecule has 0 aliphatic carbocycles. The number of aryl methyl sites for hydroxylation is 2. The van der Waals surface area contributed by atoms with Crippen LogP contribution in [0.25, 0.3) is 0 Å². The molecule has 3 aromatic rings. The van der Waals surface area contributed by atoms with Crippen molar-refractivity contribution in [3.05, 3.63) is 65.7 Å². The lowest BCUT2D eigenvalue weighted by molar-refractivity contribution is 0.312. The molecule has 4 rings (SSSR count). The van der Waals surface area contributed by atoms with Crippen molar-refractivity contribution in [3.8, 4) is 28.7 Å². The molecule has 5 nitrogen and oxygen atoms in total. The Kier molecular flexibility index (Phi) is 4.98. The van der Waals surface area contributed by atoms with E-state index in [2.05, 4.69) is 11.4 Å². The lowest BCUT2D eigenvalue weighted by Gasteiger charge is -2.18. The van der Waals surface area contributed by atoms with Gasteiger partial charge in [-0.2, -0.15) is 0 Å². The van der Waals surface area contributed by atoms with Crippen molar-refractivity contribution in [2.24, 2.45) is 0 Å². The van der Waals surface area contributed by atoms with Gasteiger partial charge in [0, 0.05) is 16.9 Å². The molecule has 1 aliphatic rings. The molecule has 0 unspecified atom stereocenters. The Morgan fingerprint density at radius 3 is 2.21 bits per heavy atom. The van der Waals surface area contributed by atoms with Crippen molar-refractivity contribution in [3.63, 3.8) is 0 Å². The summed E-state index contributed by atoms with van der Waals surface area (Å²) in [5, 5.41) is 3.43. The summed E-state index contributed by atoms with van der Waals surface area (Å²) >= 11 is 0. The third kappa shape index (κ3) is 3.31. The molecule has 0 atom stereocenters. The second-order valence-corrected chi connectivity index (χ2v) is 6.55. The van der Waals surface area contributed by atoms with E-state index in [-0.39, 0.29) is 0 Å². The number of benzene rings is 3. The Balaban J connectivity index is 1.70. The van der Waals surface area contributed by atoms with Crippen molar-refractivity contribution < 1.29 is 18.9 Å². The third-order valence-electron chi connectivity index (χ3n) is 4.86. The first-order valence-corrected chi connectivity index (χ1v) is 9.18. The predicted molar refractivity (Wildman–Crippen MR) is 110 cm³/mol. The van der Waals surface area contributed by atoms with Crippen molar-refractivity contribution in [1.82, 2.24) is 0 Å². The average molecular weight is 377 g/mol. The van der Waals surface area contributed by atoms with E-state index in [9.17, 15) is 0 Å². The van der Waals surface area contributed by atoms with Crippen molar-refractivity contribution in [1.29, 1.82) is 0 Å². The van der Waals surface area contributed by atoms with Crippen LogP contribution in [0.3, 0.4) is 0 Å². The molecule has 0 aromatic heterocycles. The Bertz CT molecular complexity index is 986. The molecule has 28 heavy (non-hydrogen) atoms. The molecule has 0 spiro atoms. The van der Waals surface area contributed by atoms with Gasteiger partial charge in [-0.1, -0.05) is 18.2 Å². The van der Waals surface area contributed by atoms with Crippen molar-refractivity contribution >= 4 is 11.4 Å². The molecule has 0 saturated carbocycles. The first kappa shape index (κ1) is 18.0. The highest BCUT2D eigenvalue weighted by Gasteiger charge is 2.25. The molecule has 3 aromatic carbocycles. The minimum atomic E-state index is 0.537. The molecule has 0 bridgehead atoms. The van der Waals surface area contributed by atoms with E-state index in [1.54, 1.807) is 21.3 Å². The van der Waals surface area contributed by atoms with Crippen LogP contribution < -0.4 is 24.3 Å². The van der Waals surface area contributed by atoms with E-state index < -0.39 is 0 Å². The largest absolute Gasteiger partial charge is 0.493 e. The highest BCUT2D eigenvalue weighted by molar-refractivity contribution is 5.66. The molecule has 1 heterocycles. The van der Waals surface area contributed by atoms with E-state index in [0.29, 0.717) is 23.0 Å². The first-order chi connectivity index (χ1) is 13.7. The number of rotatable bonds is 5. The number of nitrogens with one attached hydrogen (secondary N) is 1. The van der Waals surface area contributed by atoms with Crippen LogP contribution >= 0.6 is 0 Å². The summed E-state index contributed by atoms with van der Waals surface area (Å²) in [4.78, 5) is 0. The minimum Gasteiger partial charge on any atom is -0.493 e. The van der Waals surface area contributed by atoms with E-state index in [0.717, 1.165) is 41.1 Å². The van der Waals surface area contributed by atoms with Crippen LogP contribution in [0, 0.1) is 0 Å². The Labute approximate surface area is 164 Å². The predicted octanol–water partition coefficient (Wildman–Crippen LogP) is 5.35. The fourth-order valence-corrected chi connectivity index (χ4v) is 3.50. The Morgan fingerprint density at radius 2 is 1.50 bits per heavy atom. The Morgan fingerprint density at radius 1 is 0.750 bits per heavy atom. The summed E-state index contributed by atoms with van der Waals surface area (Å²) in [6.45, 7) is 0. The maximum absolute atomic E-state index is 6.28. The van der Waals surface area contributed by atoms with Crippen LogP contribution in [0.1, 0.15) is 11.1 Å². The van der Waals surface area contributed by atoms with E-state index in [1.165, 1.54) is 0 Å². The lowest BCUT2D eigenvalue weighted by Crippen LogP contribution is -2.00. The summed E-state index contributed by atoms with van der Waals surface area (Å²) < 4.78 is 22.9. The van der Waals surface area contributed by atoms with Gasteiger partial charge < -0.3 is 24.3 Å². The maximum Gasteiger partial charge on any atom is 0.208 e. The van der Waals surface area contributed by atoms with Crippen molar-refractivity contribution in [2.75, 3.05) is 26.6 Å². The number of ether oxygens (including phenoxy) is 4. The maximum atomic E-state index is 6.28. The first-order valence-electron chi connectivity index (χ1n) is 9.18. The smallest absolute Gasteiger partial charge is 0.208 e. The van der Waals surface area contributed by atoms with Crippen molar-refractivity contribution in [2.45, 2.75) is 12.8 Å². The zero-order valence-corrected chi connectivity index (χ0v) is 16.2. The van der Waals surface area contributed by atoms with Gasteiger partial charge >= 0.3 is 0 Å². The van der Waals surface area contributed by atoms with Gasteiger partial charge in [0.15, 0.2) is 11.5 Å². The topological polar surface area (TPSA) is 49.0 Å². The van der Waals surface area contributed by atoms with Crippen LogP contribution in [-0.2, 0) is 12.8 Å². The fraction of sp³-hybridized carbons (Fsp3) is 0.217. The summed E-state index contributed by atoms with van der Waals surface area (Å²) in [7, 11) is 4.83. The molecular weight excluding hydrogens is 354 g/mol. The fourth-order valence-electron chi connectivity index (χ4n) is 3.50. The van der Waals surface area contributed by atoms with E-state index in [1.807, 2.05) is 48.5 Å². The van der Waals surface area contributed by atoms with E-state index in [4.69, 9.17) is 18.9 Å². The van der Waals surface area contributed by atoms with Gasteiger partial charge in [0.2, 0.25) is 11.5 Å². The van der Waals surface area contributed by atoms with Gasteiger partial charge in [0.05, 0.1) is 21.3 Å². The third-order valence-corrected chi connectivity index (χ3v) is 4.86. The number of fused-ring (bicyclic) bond motifs is 2. The van der Waals surface area contributed by atoms with Crippen LogP contribution in [0.15, 0.2) is 54.6 Å². The standard InChI is InChI=1S/C23H23NO4/c1-25-20-14-16-10-9-15-13-18(24-17-7-5-4-6-8-17)11-12-19(15)28-21(16)23(27-3)22(20)26-2/h4-8,11-14,24H,9-10H2,1-3H3. The lowest BCUT2D eigenvalue weighted by atomic mass is 10.0. The van der Waals surface area contributed by atoms with Gasteiger partial charge in [0.25, 0.3) is 0 Å². The molecule has 0 radical (unpaired) electrons. The quantitative estimate of drug-likeness (QED) is 0.650. The minimum absolute atomic E-state index is 0.537. The average Bonchev–Trinajstić information content (AvgIpc) is 2.91. The molecule has 0 saturated heterocycles. The highest BCUT2D eigenvalue weighted by Crippen LogP contribution is 2.50. The van der Waals surface area contributed by atoms with Crippen LogP contribution in [0.4, 0.5) is 11.4 Å². The summed E-state index contributed by atoms with van der Waals surface area (Å²) in [6, 6.07) is 18.2. The number of hydrogen-bond acceptors (Lipinski definition) is 5. The highest BCUT2D eigenvalue weighted by atomic mass is 16.5. The van der Waals surface area contributed by atoms with Gasteiger partial charge in [0.1, 0.15) is 5.75 Å². The molecular formula is C23H23NO4. The number of hydrogen-bond donors (Lipinski definition) is 1. The zero-order valence-electron chi connectivity index (χ0n) is 16.2. The summed E-state index contributed by atoms with van der Waals surface area (Å²) in [6.07, 6.45) is 1.67. The normalized spacial score (nSPS) is 12.1. The van der Waals surface area contributed by atoms with Crippen LogP contribution in [-0.4, -0.2) is 21.3 Å². The zero-order chi connectivity index (χ0) is 19.5. The second-order valence-electron chi connectivity index (χ2n) is 6.55. The van der Waals surface area contributed by atoms with Gasteiger partial charge in [-0.25, -0.2) is 0 Å². The molecule has 1 N–H and O–H groups in total. The van der Waals surface area contributed by atoms with E-state index >= 15 is 0 Å². The van der Waals surface area contributed by atoms with Crippen LogP contribution in [0.2, 0.25) is 0 Å². The summed E-state index contributed by atoms with van der Waals surface area (Å²) in [5.41, 5.74) is 4.25. The Hall–Kier alpha value is -3.34. The molecule has 0 fully saturated rings. The second kappa shape index (κ2) is 7.72. The number of para-hydroxylation sites is 1. The van der Waals surface area contributed by atoms with Gasteiger partial charge in [-0.15, -0.1) is 0 Å². The molecule has 5 heteroatoms. The molecule has 144 valence electrons. The SMILES string of the molecule is COc1cc2c(c(OC)c1OC)Oc1ccc(Nc3ccccc3)cc1CC2. The molecule has 0 amide bonds. The number of methoxy groups -OCH3 is 3. The van der Waals surface area contributed by atoms with Crippen LogP contribution in [0.5, 0.6) is 28.7 Å². The molecule has 1 aliphatic heterocycles. The monoisotopic (exact) mass is 377 g/mol. The van der Waals surface area contributed by atoms with Gasteiger partial charge in [-0.3, -0.25) is 0 Å². The van der Waals surface area contributed by atoms with Gasteiger partial charge in [-0.05, 0) is 54.8 Å². The number of anilines is 2. The summed E-state index contributed by atoms with van der Waals surface area (Å²) in [5.74, 6) is 3.23.